The van der Waals surface area contributed by atoms with Crippen LogP contribution in [0, 0.1) is 5.92 Å². The predicted octanol–water partition coefficient (Wildman–Crippen LogP) is -1.08. The fourth-order valence-electron chi connectivity index (χ4n) is 2.13. The second kappa shape index (κ2) is 8.96. The molecule has 2 amide bonds. The highest BCUT2D eigenvalue weighted by atomic mass is 16.5. The van der Waals surface area contributed by atoms with Gasteiger partial charge in [-0.3, -0.25) is 14.5 Å². The second-order valence-corrected chi connectivity index (χ2v) is 5.87. The number of nitrogens with one attached hydrogen (secondary N) is 2. The zero-order chi connectivity index (χ0) is 15.8. The first kappa shape index (κ1) is 17.9. The van der Waals surface area contributed by atoms with E-state index in [1.165, 1.54) is 0 Å². The summed E-state index contributed by atoms with van der Waals surface area (Å²) in [7, 11) is 0. The van der Waals surface area contributed by atoms with Crippen molar-refractivity contribution in [1.29, 1.82) is 0 Å². The Morgan fingerprint density at radius 3 is 2.43 bits per heavy atom. The zero-order valence-electron chi connectivity index (χ0n) is 13.2. The van der Waals surface area contributed by atoms with Crippen LogP contribution in [0.15, 0.2) is 0 Å². The van der Waals surface area contributed by atoms with E-state index in [1.807, 2.05) is 20.8 Å². The fourth-order valence-corrected chi connectivity index (χ4v) is 2.13. The highest BCUT2D eigenvalue weighted by molar-refractivity contribution is 5.87. The molecule has 7 heteroatoms. The lowest BCUT2D eigenvalue weighted by Gasteiger charge is -2.29. The minimum Gasteiger partial charge on any atom is -0.379 e. The van der Waals surface area contributed by atoms with Crippen LogP contribution in [0.2, 0.25) is 0 Å². The lowest BCUT2D eigenvalue weighted by atomic mass is 10.1. The summed E-state index contributed by atoms with van der Waals surface area (Å²) in [6.45, 7) is 9.70. The Labute approximate surface area is 126 Å². The van der Waals surface area contributed by atoms with E-state index in [4.69, 9.17) is 10.5 Å². The van der Waals surface area contributed by atoms with E-state index >= 15 is 0 Å². The third kappa shape index (κ3) is 6.88. The molecule has 0 aliphatic carbocycles. The number of amides is 2. The summed E-state index contributed by atoms with van der Waals surface area (Å²) in [5.41, 5.74) is 5.71. The molecule has 2 atom stereocenters. The molecule has 1 unspecified atom stereocenters. The van der Waals surface area contributed by atoms with Crippen molar-refractivity contribution in [3.63, 3.8) is 0 Å². The molecule has 0 saturated carbocycles. The van der Waals surface area contributed by atoms with Crippen molar-refractivity contribution in [2.24, 2.45) is 11.7 Å². The van der Waals surface area contributed by atoms with Crippen LogP contribution in [-0.2, 0) is 14.3 Å². The third-order valence-corrected chi connectivity index (χ3v) is 3.49. The van der Waals surface area contributed by atoms with Crippen LogP contribution in [-0.4, -0.2) is 68.2 Å². The highest BCUT2D eigenvalue weighted by Gasteiger charge is 2.19. The average molecular weight is 300 g/mol. The van der Waals surface area contributed by atoms with Crippen molar-refractivity contribution in [1.82, 2.24) is 15.5 Å². The maximum absolute atomic E-state index is 11.8. The number of morpholine rings is 1. The molecule has 21 heavy (non-hydrogen) atoms. The summed E-state index contributed by atoms with van der Waals surface area (Å²) in [6.07, 6.45) is 0. The third-order valence-electron chi connectivity index (χ3n) is 3.49. The van der Waals surface area contributed by atoms with Crippen molar-refractivity contribution in [3.05, 3.63) is 0 Å². The van der Waals surface area contributed by atoms with Crippen molar-refractivity contribution in [3.8, 4) is 0 Å². The van der Waals surface area contributed by atoms with E-state index < -0.39 is 6.04 Å². The molecule has 1 rings (SSSR count). The molecular weight excluding hydrogens is 272 g/mol. The van der Waals surface area contributed by atoms with Crippen molar-refractivity contribution >= 4 is 11.8 Å². The summed E-state index contributed by atoms with van der Waals surface area (Å²) in [5, 5.41) is 5.44. The molecule has 122 valence electrons. The molecule has 0 spiro atoms. The lowest BCUT2D eigenvalue weighted by Crippen LogP contribution is -2.50. The van der Waals surface area contributed by atoms with Gasteiger partial charge in [0.2, 0.25) is 11.8 Å². The van der Waals surface area contributed by atoms with Gasteiger partial charge in [-0.2, -0.15) is 0 Å². The molecule has 1 aliphatic rings. The Balaban J connectivity index is 2.21. The van der Waals surface area contributed by atoms with E-state index in [-0.39, 0.29) is 30.3 Å². The van der Waals surface area contributed by atoms with Crippen LogP contribution >= 0.6 is 0 Å². The molecule has 1 aliphatic heterocycles. The lowest BCUT2D eigenvalue weighted by molar-refractivity contribution is -0.127. The maximum Gasteiger partial charge on any atom is 0.239 e. The smallest absolute Gasteiger partial charge is 0.239 e. The van der Waals surface area contributed by atoms with Gasteiger partial charge in [0.1, 0.15) is 0 Å². The topological polar surface area (TPSA) is 96.7 Å². The molecule has 4 N–H and O–H groups in total. The van der Waals surface area contributed by atoms with E-state index in [2.05, 4.69) is 15.5 Å². The quantitative estimate of drug-likeness (QED) is 0.556. The van der Waals surface area contributed by atoms with Crippen molar-refractivity contribution in [2.45, 2.75) is 32.9 Å². The van der Waals surface area contributed by atoms with Crippen molar-refractivity contribution in [2.75, 3.05) is 39.4 Å². The molecule has 0 bridgehead atoms. The summed E-state index contributed by atoms with van der Waals surface area (Å²) >= 11 is 0. The molecule has 1 heterocycles. The van der Waals surface area contributed by atoms with Crippen LogP contribution < -0.4 is 16.4 Å². The average Bonchev–Trinajstić information content (AvgIpc) is 2.44. The first-order valence-electron chi connectivity index (χ1n) is 7.53. The molecule has 0 aromatic rings. The van der Waals surface area contributed by atoms with Gasteiger partial charge in [-0.05, 0) is 12.8 Å². The number of ether oxygens (including phenoxy) is 1. The minimum absolute atomic E-state index is 0.0336. The molecule has 0 aromatic carbocycles. The number of carbonyl (C=O) groups is 2. The Kier molecular flexibility index (Phi) is 7.63. The van der Waals surface area contributed by atoms with E-state index in [9.17, 15) is 9.59 Å². The van der Waals surface area contributed by atoms with Gasteiger partial charge in [-0.15, -0.1) is 0 Å². The normalized spacial score (nSPS) is 19.1. The molecule has 0 aromatic heterocycles. The van der Waals surface area contributed by atoms with Gasteiger partial charge in [-0.1, -0.05) is 13.8 Å². The summed E-state index contributed by atoms with van der Waals surface area (Å²) in [4.78, 5) is 25.7. The number of hydrogen-bond donors (Lipinski definition) is 3. The first-order valence-corrected chi connectivity index (χ1v) is 7.53. The van der Waals surface area contributed by atoms with Gasteiger partial charge in [0.15, 0.2) is 0 Å². The molecule has 0 radical (unpaired) electrons. The van der Waals surface area contributed by atoms with Crippen LogP contribution in [0.25, 0.3) is 0 Å². The minimum atomic E-state index is -0.580. The summed E-state index contributed by atoms with van der Waals surface area (Å²) in [5.74, 6) is -0.436. The Morgan fingerprint density at radius 2 is 1.86 bits per heavy atom. The van der Waals surface area contributed by atoms with Gasteiger partial charge in [0.05, 0.1) is 25.8 Å². The number of nitrogens with two attached hydrogens (primary N) is 1. The van der Waals surface area contributed by atoms with Gasteiger partial charge < -0.3 is 21.1 Å². The number of carbonyl (C=O) groups excluding carboxylic acids is 2. The van der Waals surface area contributed by atoms with E-state index in [1.54, 1.807) is 0 Å². The van der Waals surface area contributed by atoms with Crippen LogP contribution in [0.5, 0.6) is 0 Å². The summed E-state index contributed by atoms with van der Waals surface area (Å²) < 4.78 is 5.28. The van der Waals surface area contributed by atoms with E-state index in [0.29, 0.717) is 0 Å². The van der Waals surface area contributed by atoms with Crippen LogP contribution in [0.4, 0.5) is 0 Å². The Bertz CT molecular complexity index is 343. The van der Waals surface area contributed by atoms with Gasteiger partial charge in [-0.25, -0.2) is 0 Å². The van der Waals surface area contributed by atoms with Crippen LogP contribution in [0.3, 0.4) is 0 Å². The van der Waals surface area contributed by atoms with E-state index in [0.717, 1.165) is 32.8 Å². The SMILES string of the molecule is CC(CN1CCOCC1)NC(=O)CNC(=O)[C@@H](N)C(C)C. The monoisotopic (exact) mass is 300 g/mol. The molecule has 1 saturated heterocycles. The molecule has 7 nitrogen and oxygen atoms in total. The zero-order valence-corrected chi connectivity index (χ0v) is 13.2. The Morgan fingerprint density at radius 1 is 1.24 bits per heavy atom. The first-order chi connectivity index (χ1) is 9.90. The van der Waals surface area contributed by atoms with Gasteiger partial charge in [0.25, 0.3) is 0 Å². The number of hydrogen-bond acceptors (Lipinski definition) is 5. The van der Waals surface area contributed by atoms with Gasteiger partial charge >= 0.3 is 0 Å². The highest BCUT2D eigenvalue weighted by Crippen LogP contribution is 1.99. The Hall–Kier alpha value is -1.18. The maximum atomic E-state index is 11.8. The molecular formula is C14H28N4O3. The summed E-state index contributed by atoms with van der Waals surface area (Å²) in [6, 6.07) is -0.546. The number of rotatable bonds is 7. The van der Waals surface area contributed by atoms with Crippen molar-refractivity contribution < 1.29 is 14.3 Å². The largest absolute Gasteiger partial charge is 0.379 e. The fraction of sp³-hybridized carbons (Fsp3) is 0.857. The van der Waals surface area contributed by atoms with Gasteiger partial charge in [0, 0.05) is 25.7 Å². The standard InChI is InChI=1S/C14H28N4O3/c1-10(2)13(15)14(20)16-8-12(19)17-11(3)9-18-4-6-21-7-5-18/h10-11,13H,4-9,15H2,1-3H3,(H,16,20)(H,17,19)/t11?,13-/m0/s1. The predicted molar refractivity (Wildman–Crippen MR) is 80.7 cm³/mol. The second-order valence-electron chi connectivity index (χ2n) is 5.87. The number of nitrogens with zero attached hydrogens (tertiary/aromatic N) is 1. The molecule has 1 fully saturated rings. The van der Waals surface area contributed by atoms with Crippen LogP contribution in [0.1, 0.15) is 20.8 Å².